The van der Waals surface area contributed by atoms with Crippen molar-refractivity contribution in [3.63, 3.8) is 0 Å². The third-order valence-electron chi connectivity index (χ3n) is 2.72. The highest BCUT2D eigenvalue weighted by Gasteiger charge is 2.19. The van der Waals surface area contributed by atoms with Crippen LogP contribution < -0.4 is 11.1 Å². The van der Waals surface area contributed by atoms with E-state index in [4.69, 9.17) is 15.7 Å². The van der Waals surface area contributed by atoms with Crippen molar-refractivity contribution in [3.05, 3.63) is 29.4 Å². The van der Waals surface area contributed by atoms with Gasteiger partial charge in [0.25, 0.3) is 0 Å². The fourth-order valence-electron chi connectivity index (χ4n) is 1.75. The largest absolute Gasteiger partial charge is 0.383 e. The number of nitrogens with one attached hydrogen (secondary N) is 2. The number of hydrogen-bond acceptors (Lipinski definition) is 7. The normalized spacial score (nSPS) is 10.8. The van der Waals surface area contributed by atoms with Gasteiger partial charge >= 0.3 is 0 Å². The topological polar surface area (TPSA) is 114 Å². The van der Waals surface area contributed by atoms with Gasteiger partial charge in [0.1, 0.15) is 29.4 Å². The first kappa shape index (κ1) is 14.0. The minimum absolute atomic E-state index is 0.148. The molecule has 7 heteroatoms. The van der Waals surface area contributed by atoms with Crippen molar-refractivity contribution in [1.82, 2.24) is 15.1 Å². The molecule has 0 atom stereocenters. The number of rotatable bonds is 5. The van der Waals surface area contributed by atoms with Gasteiger partial charge in [-0.3, -0.25) is 5.41 Å². The fraction of sp³-hybridized carbons (Fsp3) is 0.385. The molecule has 7 nitrogen and oxygen atoms in total. The lowest BCUT2D eigenvalue weighted by molar-refractivity contribution is 0.386. The minimum atomic E-state index is 0.148. The quantitative estimate of drug-likeness (QED) is 0.717. The van der Waals surface area contributed by atoms with Crippen LogP contribution in [0, 0.1) is 5.41 Å². The standard InChI is InChI=1S/C13H18N6O/c1-4-8-5-9(19-20-8)11(14)10-12(15)16-6-17-13(10)18-7(2)3/h5-7,14H,4H2,1-3H3,(H3,15,16,17,18). The van der Waals surface area contributed by atoms with Crippen molar-refractivity contribution in [1.29, 1.82) is 5.41 Å². The highest BCUT2D eigenvalue weighted by molar-refractivity contribution is 6.15. The summed E-state index contributed by atoms with van der Waals surface area (Å²) in [5, 5.41) is 15.3. The Morgan fingerprint density at radius 2 is 2.20 bits per heavy atom. The van der Waals surface area contributed by atoms with Crippen LogP contribution in [0.15, 0.2) is 16.9 Å². The highest BCUT2D eigenvalue weighted by atomic mass is 16.5. The minimum Gasteiger partial charge on any atom is -0.383 e. The Kier molecular flexibility index (Phi) is 3.97. The molecule has 0 spiro atoms. The van der Waals surface area contributed by atoms with Gasteiger partial charge in [-0.15, -0.1) is 0 Å². The van der Waals surface area contributed by atoms with E-state index >= 15 is 0 Å². The van der Waals surface area contributed by atoms with Gasteiger partial charge in [0.2, 0.25) is 0 Å². The molecule has 0 aliphatic rings. The maximum atomic E-state index is 8.26. The lowest BCUT2D eigenvalue weighted by Gasteiger charge is -2.14. The molecule has 0 amide bonds. The Balaban J connectivity index is 2.42. The summed E-state index contributed by atoms with van der Waals surface area (Å²) in [6, 6.07) is 1.90. The Labute approximate surface area is 117 Å². The number of hydrogen-bond donors (Lipinski definition) is 3. The summed E-state index contributed by atoms with van der Waals surface area (Å²) >= 11 is 0. The molecule has 0 aliphatic carbocycles. The van der Waals surface area contributed by atoms with E-state index in [1.54, 1.807) is 6.07 Å². The van der Waals surface area contributed by atoms with Crippen LogP contribution in [0.2, 0.25) is 0 Å². The molecule has 0 saturated carbocycles. The van der Waals surface area contributed by atoms with E-state index in [0.717, 1.165) is 12.2 Å². The van der Waals surface area contributed by atoms with Crippen molar-refractivity contribution in [2.75, 3.05) is 11.1 Å². The van der Waals surface area contributed by atoms with Crippen LogP contribution in [0.25, 0.3) is 0 Å². The second-order valence-electron chi connectivity index (χ2n) is 4.69. The smallest absolute Gasteiger partial charge is 0.141 e. The number of aryl methyl sites for hydroxylation is 1. The molecule has 106 valence electrons. The molecular weight excluding hydrogens is 256 g/mol. The summed E-state index contributed by atoms with van der Waals surface area (Å²) in [7, 11) is 0. The van der Waals surface area contributed by atoms with E-state index in [-0.39, 0.29) is 17.6 Å². The number of nitrogens with zero attached hydrogens (tertiary/aromatic N) is 3. The second kappa shape index (κ2) is 5.68. The van der Waals surface area contributed by atoms with E-state index < -0.39 is 0 Å². The van der Waals surface area contributed by atoms with E-state index in [1.807, 2.05) is 20.8 Å². The van der Waals surface area contributed by atoms with Crippen LogP contribution in [0.1, 0.15) is 37.8 Å². The number of aromatic nitrogens is 3. The van der Waals surface area contributed by atoms with E-state index in [2.05, 4.69) is 20.4 Å². The summed E-state index contributed by atoms with van der Waals surface area (Å²) in [5.41, 5.74) is 6.90. The highest BCUT2D eigenvalue weighted by Crippen LogP contribution is 2.22. The first-order valence-corrected chi connectivity index (χ1v) is 6.44. The third-order valence-corrected chi connectivity index (χ3v) is 2.72. The molecule has 0 fully saturated rings. The van der Waals surface area contributed by atoms with Gasteiger partial charge < -0.3 is 15.6 Å². The van der Waals surface area contributed by atoms with Gasteiger partial charge in [-0.2, -0.15) is 0 Å². The molecule has 2 aromatic rings. The monoisotopic (exact) mass is 274 g/mol. The molecule has 0 unspecified atom stereocenters. The van der Waals surface area contributed by atoms with Gasteiger partial charge in [0.05, 0.1) is 11.3 Å². The van der Waals surface area contributed by atoms with Crippen LogP contribution in [-0.4, -0.2) is 26.9 Å². The van der Waals surface area contributed by atoms with E-state index in [0.29, 0.717) is 17.1 Å². The molecule has 0 saturated heterocycles. The molecular formula is C13H18N6O. The molecule has 2 aromatic heterocycles. The third kappa shape index (κ3) is 2.76. The molecule has 0 radical (unpaired) electrons. The fourth-order valence-corrected chi connectivity index (χ4v) is 1.75. The summed E-state index contributed by atoms with van der Waals surface area (Å²) in [4.78, 5) is 8.10. The Bertz CT molecular complexity index is 619. The first-order valence-electron chi connectivity index (χ1n) is 6.44. The Morgan fingerprint density at radius 3 is 2.80 bits per heavy atom. The maximum Gasteiger partial charge on any atom is 0.141 e. The molecule has 2 rings (SSSR count). The number of anilines is 2. The molecule has 0 aliphatic heterocycles. The molecule has 2 heterocycles. The van der Waals surface area contributed by atoms with Crippen LogP contribution in [0.3, 0.4) is 0 Å². The van der Waals surface area contributed by atoms with Crippen LogP contribution >= 0.6 is 0 Å². The summed E-state index contributed by atoms with van der Waals surface area (Å²) in [6.07, 6.45) is 2.09. The van der Waals surface area contributed by atoms with Gasteiger partial charge in [-0.05, 0) is 13.8 Å². The van der Waals surface area contributed by atoms with Gasteiger partial charge in [0.15, 0.2) is 0 Å². The van der Waals surface area contributed by atoms with Crippen LogP contribution in [0.5, 0.6) is 0 Å². The zero-order valence-corrected chi connectivity index (χ0v) is 11.8. The van der Waals surface area contributed by atoms with Crippen molar-refractivity contribution in [2.24, 2.45) is 0 Å². The summed E-state index contributed by atoms with van der Waals surface area (Å²) in [6.45, 7) is 5.92. The van der Waals surface area contributed by atoms with Crippen molar-refractivity contribution in [2.45, 2.75) is 33.2 Å². The van der Waals surface area contributed by atoms with E-state index in [9.17, 15) is 0 Å². The zero-order valence-electron chi connectivity index (χ0n) is 11.8. The SMILES string of the molecule is CCc1cc(C(=N)c2c(N)ncnc2NC(C)C)no1. The van der Waals surface area contributed by atoms with Crippen LogP contribution in [-0.2, 0) is 6.42 Å². The maximum absolute atomic E-state index is 8.26. The van der Waals surface area contributed by atoms with Crippen molar-refractivity contribution in [3.8, 4) is 0 Å². The molecule has 0 aromatic carbocycles. The summed E-state index contributed by atoms with van der Waals surface area (Å²) < 4.78 is 5.12. The van der Waals surface area contributed by atoms with Gasteiger partial charge in [-0.1, -0.05) is 12.1 Å². The lowest BCUT2D eigenvalue weighted by atomic mass is 10.1. The Hall–Kier alpha value is -2.44. The predicted molar refractivity (Wildman–Crippen MR) is 77.0 cm³/mol. The zero-order chi connectivity index (χ0) is 14.7. The number of nitrogens with two attached hydrogens (primary N) is 1. The molecule has 20 heavy (non-hydrogen) atoms. The number of nitrogen functional groups attached to an aromatic ring is 1. The molecule has 0 bridgehead atoms. The Morgan fingerprint density at radius 1 is 1.45 bits per heavy atom. The molecule has 4 N–H and O–H groups in total. The lowest BCUT2D eigenvalue weighted by Crippen LogP contribution is -2.18. The van der Waals surface area contributed by atoms with Crippen molar-refractivity contribution >= 4 is 17.3 Å². The predicted octanol–water partition coefficient (Wildman–Crippen LogP) is 1.85. The first-order chi connectivity index (χ1) is 9.52. The van der Waals surface area contributed by atoms with Crippen molar-refractivity contribution < 1.29 is 4.52 Å². The summed E-state index contributed by atoms with van der Waals surface area (Å²) in [5.74, 6) is 1.49. The average Bonchev–Trinajstić information content (AvgIpc) is 2.86. The average molecular weight is 274 g/mol. The second-order valence-corrected chi connectivity index (χ2v) is 4.69. The van der Waals surface area contributed by atoms with Gasteiger partial charge in [0, 0.05) is 18.5 Å². The van der Waals surface area contributed by atoms with Crippen LogP contribution in [0.4, 0.5) is 11.6 Å². The van der Waals surface area contributed by atoms with Gasteiger partial charge in [-0.25, -0.2) is 9.97 Å². The van der Waals surface area contributed by atoms with E-state index in [1.165, 1.54) is 6.33 Å².